The molecule has 18 heavy (non-hydrogen) atoms. The van der Waals surface area contributed by atoms with Crippen LogP contribution in [0.25, 0.3) is 0 Å². The molecule has 0 N–H and O–H groups in total. The minimum Gasteiger partial charge on any atom is -0.494 e. The monoisotopic (exact) mass is 248 g/mol. The van der Waals surface area contributed by atoms with Crippen LogP contribution in [0.5, 0.6) is 5.75 Å². The molecule has 3 nitrogen and oxygen atoms in total. The molecule has 0 radical (unpaired) electrons. The van der Waals surface area contributed by atoms with Crippen molar-refractivity contribution < 1.29 is 14.3 Å². The lowest BCUT2D eigenvalue weighted by atomic mass is 10.1. The van der Waals surface area contributed by atoms with Crippen LogP contribution in [0, 0.1) is 5.92 Å². The summed E-state index contributed by atoms with van der Waals surface area (Å²) in [6.07, 6.45) is 3.75. The topological polar surface area (TPSA) is 35.5 Å². The molecule has 1 saturated carbocycles. The molecule has 0 unspecified atom stereocenters. The Balaban J connectivity index is 1.72. The molecule has 1 aliphatic carbocycles. The molecule has 0 aromatic heterocycles. The fourth-order valence-corrected chi connectivity index (χ4v) is 1.81. The van der Waals surface area contributed by atoms with Crippen LogP contribution >= 0.6 is 0 Å². The van der Waals surface area contributed by atoms with Gasteiger partial charge in [-0.3, -0.25) is 4.79 Å². The summed E-state index contributed by atoms with van der Waals surface area (Å²) < 4.78 is 10.7. The lowest BCUT2D eigenvalue weighted by Crippen LogP contribution is -2.10. The van der Waals surface area contributed by atoms with Crippen LogP contribution in [0.3, 0.4) is 0 Å². The number of ketones is 1. The molecule has 0 bridgehead atoms. The van der Waals surface area contributed by atoms with Crippen LogP contribution in [0.1, 0.15) is 36.5 Å². The zero-order valence-electron chi connectivity index (χ0n) is 10.9. The third-order valence-electron chi connectivity index (χ3n) is 3.09. The molecule has 0 saturated heterocycles. The Hall–Kier alpha value is -1.35. The minimum atomic E-state index is 0.0360. The van der Waals surface area contributed by atoms with Crippen LogP contribution in [-0.2, 0) is 4.74 Å². The second-order valence-electron chi connectivity index (χ2n) is 4.67. The Labute approximate surface area is 108 Å². The molecule has 3 heteroatoms. The summed E-state index contributed by atoms with van der Waals surface area (Å²) in [5.41, 5.74) is 0.685. The van der Waals surface area contributed by atoms with Gasteiger partial charge in [-0.25, -0.2) is 0 Å². The maximum Gasteiger partial charge on any atom is 0.188 e. The number of carbonyl (C=O) groups is 1. The Bertz CT molecular complexity index is 379. The maximum atomic E-state index is 11.8. The van der Waals surface area contributed by atoms with E-state index in [-0.39, 0.29) is 12.4 Å². The molecule has 0 aliphatic heterocycles. The Morgan fingerprint density at radius 3 is 2.61 bits per heavy atom. The molecule has 2 rings (SSSR count). The van der Waals surface area contributed by atoms with E-state index in [2.05, 4.69) is 0 Å². The lowest BCUT2D eigenvalue weighted by molar-refractivity contribution is 0.0748. The smallest absolute Gasteiger partial charge is 0.188 e. The van der Waals surface area contributed by atoms with E-state index in [1.807, 2.05) is 19.1 Å². The number of hydrogen-bond acceptors (Lipinski definition) is 3. The summed E-state index contributed by atoms with van der Waals surface area (Å²) in [6.45, 7) is 3.46. The molecule has 1 aromatic rings. The van der Waals surface area contributed by atoms with Crippen LogP contribution in [-0.4, -0.2) is 25.6 Å². The molecular formula is C15H20O3. The van der Waals surface area contributed by atoms with Crippen molar-refractivity contribution in [3.05, 3.63) is 29.8 Å². The first-order valence-corrected chi connectivity index (χ1v) is 6.63. The SMILES string of the molecule is CCOc1ccc(C(=O)COCCC2CC2)cc1. The van der Waals surface area contributed by atoms with Gasteiger partial charge in [-0.1, -0.05) is 12.8 Å². The number of hydrogen-bond donors (Lipinski definition) is 0. The van der Waals surface area contributed by atoms with E-state index in [1.54, 1.807) is 12.1 Å². The van der Waals surface area contributed by atoms with E-state index >= 15 is 0 Å². The number of ether oxygens (including phenoxy) is 2. The van der Waals surface area contributed by atoms with Crippen molar-refractivity contribution >= 4 is 5.78 Å². The first-order chi connectivity index (χ1) is 8.79. The average Bonchev–Trinajstić information content (AvgIpc) is 3.20. The van der Waals surface area contributed by atoms with Crippen molar-refractivity contribution in [2.24, 2.45) is 5.92 Å². The van der Waals surface area contributed by atoms with Gasteiger partial charge < -0.3 is 9.47 Å². The van der Waals surface area contributed by atoms with Crippen LogP contribution < -0.4 is 4.74 Å². The molecule has 1 aliphatic rings. The van der Waals surface area contributed by atoms with Crippen molar-refractivity contribution in [1.29, 1.82) is 0 Å². The molecule has 1 aromatic carbocycles. The number of Topliss-reactive ketones (excluding diaryl/α,β-unsaturated/α-hetero) is 1. The quantitative estimate of drug-likeness (QED) is 0.524. The van der Waals surface area contributed by atoms with Crippen molar-refractivity contribution in [1.82, 2.24) is 0 Å². The van der Waals surface area contributed by atoms with E-state index in [0.29, 0.717) is 18.8 Å². The third-order valence-corrected chi connectivity index (χ3v) is 3.09. The van der Waals surface area contributed by atoms with Gasteiger partial charge >= 0.3 is 0 Å². The van der Waals surface area contributed by atoms with Crippen molar-refractivity contribution in [2.75, 3.05) is 19.8 Å². The lowest BCUT2D eigenvalue weighted by Gasteiger charge is -2.05. The standard InChI is InChI=1S/C15H20O3/c1-2-18-14-7-5-13(6-8-14)15(16)11-17-10-9-12-3-4-12/h5-8,12H,2-4,9-11H2,1H3. The average molecular weight is 248 g/mol. The summed E-state index contributed by atoms with van der Waals surface area (Å²) in [7, 11) is 0. The largest absolute Gasteiger partial charge is 0.494 e. The fourth-order valence-electron chi connectivity index (χ4n) is 1.81. The van der Waals surface area contributed by atoms with Gasteiger partial charge in [0.1, 0.15) is 12.4 Å². The van der Waals surface area contributed by atoms with Crippen LogP contribution in [0.15, 0.2) is 24.3 Å². The van der Waals surface area contributed by atoms with E-state index in [1.165, 1.54) is 12.8 Å². The highest BCUT2D eigenvalue weighted by Gasteiger charge is 2.20. The minimum absolute atomic E-state index is 0.0360. The summed E-state index contributed by atoms with van der Waals surface area (Å²) in [6, 6.07) is 7.22. The van der Waals surface area contributed by atoms with Gasteiger partial charge in [0, 0.05) is 12.2 Å². The summed E-state index contributed by atoms with van der Waals surface area (Å²) in [4.78, 5) is 11.8. The first kappa shape index (κ1) is 13.1. The normalized spacial score (nSPS) is 14.5. The summed E-state index contributed by atoms with van der Waals surface area (Å²) in [5.74, 6) is 1.68. The van der Waals surface area contributed by atoms with Crippen molar-refractivity contribution in [2.45, 2.75) is 26.2 Å². The Morgan fingerprint density at radius 1 is 1.28 bits per heavy atom. The van der Waals surface area contributed by atoms with E-state index < -0.39 is 0 Å². The number of benzene rings is 1. The predicted molar refractivity (Wildman–Crippen MR) is 70.1 cm³/mol. The molecule has 0 heterocycles. The molecular weight excluding hydrogens is 228 g/mol. The first-order valence-electron chi connectivity index (χ1n) is 6.63. The van der Waals surface area contributed by atoms with E-state index in [0.717, 1.165) is 18.1 Å². The fraction of sp³-hybridized carbons (Fsp3) is 0.533. The zero-order valence-corrected chi connectivity index (χ0v) is 10.9. The van der Waals surface area contributed by atoms with E-state index in [4.69, 9.17) is 9.47 Å². The van der Waals surface area contributed by atoms with Crippen molar-refractivity contribution in [3.8, 4) is 5.75 Å². The van der Waals surface area contributed by atoms with Gasteiger partial charge in [0.15, 0.2) is 5.78 Å². The van der Waals surface area contributed by atoms with Crippen LogP contribution in [0.4, 0.5) is 0 Å². The highest BCUT2D eigenvalue weighted by molar-refractivity contribution is 5.97. The molecule has 1 fully saturated rings. The zero-order chi connectivity index (χ0) is 12.8. The second kappa shape index (κ2) is 6.55. The maximum absolute atomic E-state index is 11.8. The van der Waals surface area contributed by atoms with Crippen molar-refractivity contribution in [3.63, 3.8) is 0 Å². The number of carbonyl (C=O) groups excluding carboxylic acids is 1. The van der Waals surface area contributed by atoms with Crippen LogP contribution in [0.2, 0.25) is 0 Å². The number of rotatable bonds is 8. The second-order valence-corrected chi connectivity index (χ2v) is 4.67. The highest BCUT2D eigenvalue weighted by Crippen LogP contribution is 2.32. The Morgan fingerprint density at radius 2 is 2.00 bits per heavy atom. The molecule has 0 spiro atoms. The van der Waals surface area contributed by atoms with Gasteiger partial charge in [-0.2, -0.15) is 0 Å². The molecule has 0 atom stereocenters. The Kier molecular flexibility index (Phi) is 4.76. The van der Waals surface area contributed by atoms with Gasteiger partial charge in [-0.15, -0.1) is 0 Å². The van der Waals surface area contributed by atoms with Gasteiger partial charge in [0.25, 0.3) is 0 Å². The summed E-state index contributed by atoms with van der Waals surface area (Å²) in [5, 5.41) is 0. The van der Waals surface area contributed by atoms with Gasteiger partial charge in [0.05, 0.1) is 6.61 Å². The van der Waals surface area contributed by atoms with E-state index in [9.17, 15) is 4.79 Å². The highest BCUT2D eigenvalue weighted by atomic mass is 16.5. The van der Waals surface area contributed by atoms with Gasteiger partial charge in [-0.05, 0) is 43.5 Å². The molecule has 0 amide bonds. The predicted octanol–water partition coefficient (Wildman–Crippen LogP) is 3.08. The van der Waals surface area contributed by atoms with Gasteiger partial charge in [0.2, 0.25) is 0 Å². The third kappa shape index (κ3) is 4.15. The summed E-state index contributed by atoms with van der Waals surface area (Å²) >= 11 is 0. The molecule has 98 valence electrons.